The zero-order valence-corrected chi connectivity index (χ0v) is 14.0. The summed E-state index contributed by atoms with van der Waals surface area (Å²) < 4.78 is 14.9. The maximum Gasteiger partial charge on any atom is 0.175 e. The lowest BCUT2D eigenvalue weighted by Crippen LogP contribution is -2.19. The summed E-state index contributed by atoms with van der Waals surface area (Å²) in [6.45, 7) is 2.51. The van der Waals surface area contributed by atoms with Crippen LogP contribution in [0.25, 0.3) is 0 Å². The first kappa shape index (κ1) is 16.1. The van der Waals surface area contributed by atoms with E-state index in [1.54, 1.807) is 16.9 Å². The summed E-state index contributed by atoms with van der Waals surface area (Å²) in [5.74, 6) is -0.249. The average molecular weight is 340 g/mol. The molecule has 0 saturated carbocycles. The highest BCUT2D eigenvalue weighted by Gasteiger charge is 2.04. The van der Waals surface area contributed by atoms with Gasteiger partial charge in [0, 0.05) is 11.9 Å². The van der Waals surface area contributed by atoms with Crippen LogP contribution in [0.5, 0.6) is 0 Å². The Hall–Kier alpha value is -2.73. The van der Waals surface area contributed by atoms with E-state index in [9.17, 15) is 4.39 Å². The number of halogens is 1. The molecule has 1 heterocycles. The number of aromatic nitrogens is 2. The lowest BCUT2D eigenvalue weighted by Gasteiger charge is -2.11. The van der Waals surface area contributed by atoms with Gasteiger partial charge in [-0.25, -0.2) is 4.39 Å². The van der Waals surface area contributed by atoms with Gasteiger partial charge in [0.1, 0.15) is 5.82 Å². The highest BCUT2D eigenvalue weighted by Crippen LogP contribution is 2.14. The van der Waals surface area contributed by atoms with Gasteiger partial charge in [-0.15, -0.1) is 0 Å². The van der Waals surface area contributed by atoms with Crippen LogP contribution in [-0.2, 0) is 6.54 Å². The van der Waals surface area contributed by atoms with E-state index in [1.165, 1.54) is 12.1 Å². The Bertz CT molecular complexity index is 859. The molecule has 0 aliphatic heterocycles. The fourth-order valence-electron chi connectivity index (χ4n) is 2.33. The first-order valence-corrected chi connectivity index (χ1v) is 7.91. The van der Waals surface area contributed by atoms with Gasteiger partial charge >= 0.3 is 0 Å². The molecule has 122 valence electrons. The number of para-hydroxylation sites is 1. The SMILES string of the molecule is Cc1ccccc1NC(=S)Nc1cnn(Cc2cccc(F)c2)c1. The molecule has 0 fully saturated rings. The maximum atomic E-state index is 13.2. The van der Waals surface area contributed by atoms with Crippen molar-refractivity contribution in [2.24, 2.45) is 0 Å². The monoisotopic (exact) mass is 340 g/mol. The topological polar surface area (TPSA) is 41.9 Å². The van der Waals surface area contributed by atoms with Crippen LogP contribution >= 0.6 is 12.2 Å². The first-order valence-electron chi connectivity index (χ1n) is 7.51. The Kier molecular flexibility index (Phi) is 4.86. The fraction of sp³-hybridized carbons (Fsp3) is 0.111. The van der Waals surface area contributed by atoms with Gasteiger partial charge in [-0.1, -0.05) is 30.3 Å². The van der Waals surface area contributed by atoms with Gasteiger partial charge in [0.05, 0.1) is 18.4 Å². The molecule has 2 N–H and O–H groups in total. The van der Waals surface area contributed by atoms with E-state index in [0.717, 1.165) is 22.5 Å². The van der Waals surface area contributed by atoms with Crippen molar-refractivity contribution < 1.29 is 4.39 Å². The average Bonchev–Trinajstić information content (AvgIpc) is 2.96. The van der Waals surface area contributed by atoms with Gasteiger partial charge in [-0.05, 0) is 48.5 Å². The van der Waals surface area contributed by atoms with E-state index in [1.807, 2.05) is 43.5 Å². The zero-order chi connectivity index (χ0) is 16.9. The number of nitrogens with one attached hydrogen (secondary N) is 2. The molecular formula is C18H17FN4S. The van der Waals surface area contributed by atoms with Gasteiger partial charge < -0.3 is 10.6 Å². The van der Waals surface area contributed by atoms with E-state index in [4.69, 9.17) is 12.2 Å². The van der Waals surface area contributed by atoms with Crippen LogP contribution in [0.15, 0.2) is 60.9 Å². The zero-order valence-electron chi connectivity index (χ0n) is 13.2. The fourth-order valence-corrected chi connectivity index (χ4v) is 2.56. The summed E-state index contributed by atoms with van der Waals surface area (Å²) in [6, 6.07) is 14.4. The third-order valence-corrected chi connectivity index (χ3v) is 3.72. The van der Waals surface area contributed by atoms with Crippen LogP contribution in [0.2, 0.25) is 0 Å². The predicted octanol–water partition coefficient (Wildman–Crippen LogP) is 4.19. The van der Waals surface area contributed by atoms with E-state index in [-0.39, 0.29) is 5.82 Å². The van der Waals surface area contributed by atoms with Crippen LogP contribution in [0, 0.1) is 12.7 Å². The molecule has 0 unspecified atom stereocenters. The number of aryl methyl sites for hydroxylation is 1. The van der Waals surface area contributed by atoms with Crippen molar-refractivity contribution in [2.45, 2.75) is 13.5 Å². The summed E-state index contributed by atoms with van der Waals surface area (Å²) in [6.07, 6.45) is 3.52. The van der Waals surface area contributed by atoms with Crippen LogP contribution < -0.4 is 10.6 Å². The summed E-state index contributed by atoms with van der Waals surface area (Å²) >= 11 is 5.32. The van der Waals surface area contributed by atoms with Crippen LogP contribution in [0.4, 0.5) is 15.8 Å². The van der Waals surface area contributed by atoms with Gasteiger partial charge in [0.2, 0.25) is 0 Å². The summed E-state index contributed by atoms with van der Waals surface area (Å²) in [5.41, 5.74) is 3.70. The van der Waals surface area contributed by atoms with Crippen molar-refractivity contribution >= 4 is 28.7 Å². The third kappa shape index (κ3) is 4.17. The Morgan fingerprint density at radius 2 is 2.00 bits per heavy atom. The smallest absolute Gasteiger partial charge is 0.175 e. The Labute approximate surface area is 145 Å². The van der Waals surface area contributed by atoms with Crippen LogP contribution in [0.1, 0.15) is 11.1 Å². The molecule has 0 amide bonds. The van der Waals surface area contributed by atoms with E-state index in [2.05, 4.69) is 15.7 Å². The van der Waals surface area contributed by atoms with E-state index >= 15 is 0 Å². The molecule has 3 rings (SSSR count). The molecule has 0 spiro atoms. The molecule has 3 aromatic rings. The quantitative estimate of drug-likeness (QED) is 0.699. The molecule has 0 aliphatic carbocycles. The first-order chi connectivity index (χ1) is 11.6. The van der Waals surface area contributed by atoms with Crippen LogP contribution in [-0.4, -0.2) is 14.9 Å². The minimum absolute atomic E-state index is 0.249. The highest BCUT2D eigenvalue weighted by molar-refractivity contribution is 7.80. The van der Waals surface area contributed by atoms with Crippen LogP contribution in [0.3, 0.4) is 0 Å². The van der Waals surface area contributed by atoms with Crippen molar-refractivity contribution in [1.29, 1.82) is 0 Å². The Balaban J connectivity index is 1.61. The molecule has 4 nitrogen and oxygen atoms in total. The lowest BCUT2D eigenvalue weighted by molar-refractivity contribution is 0.619. The molecule has 24 heavy (non-hydrogen) atoms. The molecule has 0 radical (unpaired) electrons. The molecule has 0 saturated heterocycles. The van der Waals surface area contributed by atoms with E-state index in [0.29, 0.717) is 11.7 Å². The van der Waals surface area contributed by atoms with Crippen molar-refractivity contribution in [3.05, 3.63) is 77.9 Å². The number of benzene rings is 2. The van der Waals surface area contributed by atoms with E-state index < -0.39 is 0 Å². The highest BCUT2D eigenvalue weighted by atomic mass is 32.1. The van der Waals surface area contributed by atoms with Gasteiger partial charge in [0.15, 0.2) is 5.11 Å². The largest absolute Gasteiger partial charge is 0.332 e. The second kappa shape index (κ2) is 7.23. The van der Waals surface area contributed by atoms with Crippen molar-refractivity contribution in [2.75, 3.05) is 10.6 Å². The van der Waals surface area contributed by atoms with Crippen molar-refractivity contribution in [3.8, 4) is 0 Å². The van der Waals surface area contributed by atoms with Gasteiger partial charge in [-0.2, -0.15) is 5.10 Å². The normalized spacial score (nSPS) is 10.4. The minimum atomic E-state index is -0.249. The number of rotatable bonds is 4. The molecule has 2 aromatic carbocycles. The van der Waals surface area contributed by atoms with Crippen molar-refractivity contribution in [1.82, 2.24) is 9.78 Å². The lowest BCUT2D eigenvalue weighted by atomic mass is 10.2. The van der Waals surface area contributed by atoms with Gasteiger partial charge in [0.25, 0.3) is 0 Å². The molecule has 0 atom stereocenters. The minimum Gasteiger partial charge on any atom is -0.332 e. The summed E-state index contributed by atoms with van der Waals surface area (Å²) in [5, 5.41) is 11.0. The molecule has 1 aromatic heterocycles. The Morgan fingerprint density at radius 3 is 2.79 bits per heavy atom. The Morgan fingerprint density at radius 1 is 1.17 bits per heavy atom. The maximum absolute atomic E-state index is 13.2. The molecular weight excluding hydrogens is 323 g/mol. The second-order valence-electron chi connectivity index (χ2n) is 5.45. The van der Waals surface area contributed by atoms with Crippen molar-refractivity contribution in [3.63, 3.8) is 0 Å². The summed E-state index contributed by atoms with van der Waals surface area (Å²) in [7, 11) is 0. The standard InChI is InChI=1S/C18H17FN4S/c1-13-5-2-3-8-17(13)22-18(24)21-16-10-20-23(12-16)11-14-6-4-7-15(19)9-14/h2-10,12H,11H2,1H3,(H2,21,22,24). The number of hydrogen-bond donors (Lipinski definition) is 2. The third-order valence-electron chi connectivity index (χ3n) is 3.52. The molecule has 6 heteroatoms. The summed E-state index contributed by atoms with van der Waals surface area (Å²) in [4.78, 5) is 0. The second-order valence-corrected chi connectivity index (χ2v) is 5.86. The number of anilines is 2. The number of thiocarbonyl (C=S) groups is 1. The predicted molar refractivity (Wildman–Crippen MR) is 98.8 cm³/mol. The number of hydrogen-bond acceptors (Lipinski definition) is 2. The molecule has 0 bridgehead atoms. The molecule has 0 aliphatic rings. The van der Waals surface area contributed by atoms with Gasteiger partial charge in [-0.3, -0.25) is 4.68 Å². The number of nitrogens with zero attached hydrogens (tertiary/aromatic N) is 2.